The SMILES string of the molecule is O=C(NCCC1(O)CCOCC1)c1ccc(C(F)F)c(F)c1. The number of hydrogen-bond donors (Lipinski definition) is 2. The fourth-order valence-corrected chi connectivity index (χ4v) is 2.36. The molecule has 1 fully saturated rings. The summed E-state index contributed by atoms with van der Waals surface area (Å²) in [4.78, 5) is 11.9. The van der Waals surface area contributed by atoms with Crippen LogP contribution in [0.2, 0.25) is 0 Å². The lowest BCUT2D eigenvalue weighted by Crippen LogP contribution is -2.39. The quantitative estimate of drug-likeness (QED) is 0.877. The summed E-state index contributed by atoms with van der Waals surface area (Å²) in [6.45, 7) is 1.17. The molecule has 0 atom stereocenters. The summed E-state index contributed by atoms with van der Waals surface area (Å²) < 4.78 is 43.4. The highest BCUT2D eigenvalue weighted by atomic mass is 19.3. The molecule has 1 heterocycles. The number of carbonyl (C=O) groups is 1. The van der Waals surface area contributed by atoms with Gasteiger partial charge in [0, 0.05) is 25.3 Å². The molecular weight excluding hydrogens is 299 g/mol. The number of aliphatic hydroxyl groups is 1. The molecule has 1 aromatic rings. The Labute approximate surface area is 126 Å². The number of halogens is 3. The van der Waals surface area contributed by atoms with Crippen molar-refractivity contribution in [1.82, 2.24) is 5.32 Å². The van der Waals surface area contributed by atoms with Crippen LogP contribution in [0.5, 0.6) is 0 Å². The predicted molar refractivity (Wildman–Crippen MR) is 73.3 cm³/mol. The van der Waals surface area contributed by atoms with Crippen LogP contribution in [-0.4, -0.2) is 36.4 Å². The first-order valence-corrected chi connectivity index (χ1v) is 7.07. The second-order valence-electron chi connectivity index (χ2n) is 5.38. The van der Waals surface area contributed by atoms with Crippen LogP contribution in [0.1, 0.15) is 41.6 Å². The lowest BCUT2D eigenvalue weighted by atomic mass is 9.91. The number of hydrogen-bond acceptors (Lipinski definition) is 3. The molecule has 0 bridgehead atoms. The van der Waals surface area contributed by atoms with E-state index in [2.05, 4.69) is 5.32 Å². The van der Waals surface area contributed by atoms with E-state index >= 15 is 0 Å². The highest BCUT2D eigenvalue weighted by Crippen LogP contribution is 2.24. The lowest BCUT2D eigenvalue weighted by Gasteiger charge is -2.32. The molecule has 0 unspecified atom stereocenters. The smallest absolute Gasteiger partial charge is 0.266 e. The van der Waals surface area contributed by atoms with Crippen LogP contribution in [0, 0.1) is 5.82 Å². The molecule has 22 heavy (non-hydrogen) atoms. The summed E-state index contributed by atoms with van der Waals surface area (Å²) in [5, 5.41) is 12.8. The first kappa shape index (κ1) is 16.8. The number of amides is 1. The van der Waals surface area contributed by atoms with Crippen LogP contribution in [0.15, 0.2) is 18.2 Å². The van der Waals surface area contributed by atoms with Crippen molar-refractivity contribution in [3.05, 3.63) is 35.1 Å². The molecule has 2 N–H and O–H groups in total. The van der Waals surface area contributed by atoms with E-state index in [-0.39, 0.29) is 12.1 Å². The van der Waals surface area contributed by atoms with Crippen molar-refractivity contribution in [2.75, 3.05) is 19.8 Å². The largest absolute Gasteiger partial charge is 0.390 e. The van der Waals surface area contributed by atoms with Gasteiger partial charge >= 0.3 is 0 Å². The molecule has 1 aliphatic rings. The van der Waals surface area contributed by atoms with Crippen LogP contribution in [-0.2, 0) is 4.74 Å². The molecule has 2 rings (SSSR count). The first-order chi connectivity index (χ1) is 10.4. The zero-order chi connectivity index (χ0) is 16.2. The molecule has 0 radical (unpaired) electrons. The van der Waals surface area contributed by atoms with Crippen molar-refractivity contribution in [3.8, 4) is 0 Å². The summed E-state index contributed by atoms with van der Waals surface area (Å²) >= 11 is 0. The third-order valence-electron chi connectivity index (χ3n) is 3.80. The van der Waals surface area contributed by atoms with Gasteiger partial charge in [0.25, 0.3) is 12.3 Å². The van der Waals surface area contributed by atoms with E-state index in [0.717, 1.165) is 18.2 Å². The van der Waals surface area contributed by atoms with Crippen LogP contribution >= 0.6 is 0 Å². The minimum atomic E-state index is -2.92. The van der Waals surface area contributed by atoms with E-state index < -0.39 is 29.3 Å². The van der Waals surface area contributed by atoms with Crippen LogP contribution in [0.4, 0.5) is 13.2 Å². The van der Waals surface area contributed by atoms with Crippen molar-refractivity contribution >= 4 is 5.91 Å². The number of ether oxygens (including phenoxy) is 1. The molecule has 122 valence electrons. The van der Waals surface area contributed by atoms with Gasteiger partial charge in [0.05, 0.1) is 11.2 Å². The van der Waals surface area contributed by atoms with Crippen molar-refractivity contribution in [2.24, 2.45) is 0 Å². The Morgan fingerprint density at radius 3 is 2.64 bits per heavy atom. The first-order valence-electron chi connectivity index (χ1n) is 7.07. The summed E-state index contributed by atoms with van der Waals surface area (Å²) in [6.07, 6.45) is -1.55. The van der Waals surface area contributed by atoms with Crippen molar-refractivity contribution in [1.29, 1.82) is 0 Å². The van der Waals surface area contributed by atoms with Gasteiger partial charge in [-0.2, -0.15) is 0 Å². The normalized spacial score (nSPS) is 17.5. The maximum absolute atomic E-state index is 13.4. The third-order valence-corrected chi connectivity index (χ3v) is 3.80. The van der Waals surface area contributed by atoms with Crippen molar-refractivity contribution in [2.45, 2.75) is 31.3 Å². The maximum Gasteiger partial charge on any atom is 0.266 e. The van der Waals surface area contributed by atoms with Crippen LogP contribution in [0.25, 0.3) is 0 Å². The van der Waals surface area contributed by atoms with Crippen molar-refractivity contribution < 1.29 is 27.8 Å². The highest BCUT2D eigenvalue weighted by Gasteiger charge is 2.29. The molecule has 1 saturated heterocycles. The fraction of sp³-hybridized carbons (Fsp3) is 0.533. The molecule has 1 aliphatic heterocycles. The van der Waals surface area contributed by atoms with Gasteiger partial charge in [-0.25, -0.2) is 13.2 Å². The summed E-state index contributed by atoms with van der Waals surface area (Å²) in [7, 11) is 0. The number of nitrogens with one attached hydrogen (secondary N) is 1. The molecule has 1 amide bonds. The summed E-state index contributed by atoms with van der Waals surface area (Å²) in [5.41, 5.74) is -1.62. The second-order valence-corrected chi connectivity index (χ2v) is 5.38. The standard InChI is InChI=1S/C15H18F3NO3/c16-12-9-10(1-2-11(12)13(17)18)14(20)19-6-3-15(21)4-7-22-8-5-15/h1-2,9,13,21H,3-8H2,(H,19,20). The van der Waals surface area contributed by atoms with E-state index in [4.69, 9.17) is 4.74 Å². The number of rotatable bonds is 5. The van der Waals surface area contributed by atoms with Crippen LogP contribution in [0.3, 0.4) is 0 Å². The molecule has 1 aromatic carbocycles. The second kappa shape index (κ2) is 7.11. The monoisotopic (exact) mass is 317 g/mol. The average molecular weight is 317 g/mol. The molecule has 4 nitrogen and oxygen atoms in total. The topological polar surface area (TPSA) is 58.6 Å². The lowest BCUT2D eigenvalue weighted by molar-refractivity contribution is -0.0670. The number of alkyl halides is 2. The molecule has 7 heteroatoms. The van der Waals surface area contributed by atoms with E-state index in [0.29, 0.717) is 32.5 Å². The predicted octanol–water partition coefficient (Wildman–Crippen LogP) is 2.42. The van der Waals surface area contributed by atoms with E-state index in [1.807, 2.05) is 0 Å². The Hall–Kier alpha value is -1.60. The van der Waals surface area contributed by atoms with Gasteiger partial charge in [-0.05, 0) is 37.5 Å². The fourth-order valence-electron chi connectivity index (χ4n) is 2.36. The van der Waals surface area contributed by atoms with E-state index in [1.54, 1.807) is 0 Å². The average Bonchev–Trinajstić information content (AvgIpc) is 2.47. The molecule has 0 spiro atoms. The Morgan fingerprint density at radius 1 is 1.36 bits per heavy atom. The Morgan fingerprint density at radius 2 is 2.05 bits per heavy atom. The Kier molecular flexibility index (Phi) is 5.42. The Balaban J connectivity index is 1.88. The molecule has 0 saturated carbocycles. The molecular formula is C15H18F3NO3. The van der Waals surface area contributed by atoms with Crippen LogP contribution < -0.4 is 5.32 Å². The van der Waals surface area contributed by atoms with Gasteiger partial charge in [-0.3, -0.25) is 4.79 Å². The van der Waals surface area contributed by atoms with Gasteiger partial charge in [0.1, 0.15) is 5.82 Å². The van der Waals surface area contributed by atoms with E-state index in [9.17, 15) is 23.1 Å². The van der Waals surface area contributed by atoms with Gasteiger partial charge in [0.15, 0.2) is 0 Å². The van der Waals surface area contributed by atoms with Gasteiger partial charge in [-0.1, -0.05) is 0 Å². The van der Waals surface area contributed by atoms with Crippen molar-refractivity contribution in [3.63, 3.8) is 0 Å². The van der Waals surface area contributed by atoms with Gasteiger partial charge in [0.2, 0.25) is 0 Å². The third kappa shape index (κ3) is 4.20. The number of benzene rings is 1. The highest BCUT2D eigenvalue weighted by molar-refractivity contribution is 5.94. The number of carbonyl (C=O) groups excluding carboxylic acids is 1. The zero-order valence-electron chi connectivity index (χ0n) is 11.9. The Bertz CT molecular complexity index is 531. The zero-order valence-corrected chi connectivity index (χ0v) is 11.9. The minimum Gasteiger partial charge on any atom is -0.390 e. The van der Waals surface area contributed by atoms with E-state index in [1.165, 1.54) is 0 Å². The minimum absolute atomic E-state index is 0.0270. The molecule has 0 aliphatic carbocycles. The van der Waals surface area contributed by atoms with Gasteiger partial charge in [-0.15, -0.1) is 0 Å². The summed E-state index contributed by atoms with van der Waals surface area (Å²) in [6, 6.07) is 2.85. The molecule has 0 aromatic heterocycles. The summed E-state index contributed by atoms with van der Waals surface area (Å²) in [5.74, 6) is -1.67. The van der Waals surface area contributed by atoms with Gasteiger partial charge < -0.3 is 15.2 Å². The maximum atomic E-state index is 13.4.